The molecule has 0 radical (unpaired) electrons. The quantitative estimate of drug-likeness (QED) is 0.817. The molecule has 0 atom stereocenters. The Morgan fingerprint density at radius 3 is 2.60 bits per heavy atom. The molecule has 4 nitrogen and oxygen atoms in total. The summed E-state index contributed by atoms with van der Waals surface area (Å²) in [4.78, 5) is 27.1. The molecule has 1 spiro atoms. The molecular weight excluding hydrogens is 314 g/mol. The van der Waals surface area contributed by atoms with Gasteiger partial charge in [-0.25, -0.2) is 0 Å². The van der Waals surface area contributed by atoms with E-state index in [9.17, 15) is 9.59 Å². The van der Waals surface area contributed by atoms with E-state index in [0.29, 0.717) is 49.1 Å². The zero-order valence-electron chi connectivity index (χ0n) is 14.8. The Hall–Kier alpha value is -1.84. The number of ketones is 1. The Balaban J connectivity index is 1.37. The average molecular weight is 341 g/mol. The third kappa shape index (κ3) is 3.44. The third-order valence-electron chi connectivity index (χ3n) is 6.21. The van der Waals surface area contributed by atoms with Crippen LogP contribution >= 0.6 is 0 Å². The van der Waals surface area contributed by atoms with Gasteiger partial charge in [-0.15, -0.1) is 0 Å². The lowest BCUT2D eigenvalue weighted by Gasteiger charge is -2.44. The fourth-order valence-corrected chi connectivity index (χ4v) is 4.65. The molecule has 2 fully saturated rings. The van der Waals surface area contributed by atoms with Crippen molar-refractivity contribution in [2.24, 2.45) is 5.92 Å². The average Bonchev–Trinajstić information content (AvgIpc) is 2.63. The molecule has 4 heteroatoms. The summed E-state index contributed by atoms with van der Waals surface area (Å²) in [6.07, 6.45) is 8.93. The van der Waals surface area contributed by atoms with Crippen LogP contribution in [-0.2, 0) is 4.79 Å². The number of piperidine rings is 1. The van der Waals surface area contributed by atoms with Crippen molar-refractivity contribution in [3.05, 3.63) is 29.8 Å². The first-order chi connectivity index (χ1) is 12.2. The Bertz CT molecular complexity index is 655. The Labute approximate surface area is 149 Å². The predicted octanol–water partition coefficient (Wildman–Crippen LogP) is 3.98. The van der Waals surface area contributed by atoms with Crippen molar-refractivity contribution in [3.63, 3.8) is 0 Å². The summed E-state index contributed by atoms with van der Waals surface area (Å²) in [6, 6.07) is 7.51. The first-order valence-electron chi connectivity index (χ1n) is 9.74. The highest BCUT2D eigenvalue weighted by Crippen LogP contribution is 2.39. The highest BCUT2D eigenvalue weighted by Gasteiger charge is 2.43. The van der Waals surface area contributed by atoms with Crippen LogP contribution in [0.4, 0.5) is 0 Å². The van der Waals surface area contributed by atoms with E-state index in [1.165, 1.54) is 32.1 Å². The fourth-order valence-electron chi connectivity index (χ4n) is 4.65. The summed E-state index contributed by atoms with van der Waals surface area (Å²) in [5.41, 5.74) is 0.288. The van der Waals surface area contributed by atoms with E-state index in [1.54, 1.807) is 0 Å². The number of carbonyl (C=O) groups excluding carboxylic acids is 2. The minimum atomic E-state index is -0.410. The van der Waals surface area contributed by atoms with E-state index < -0.39 is 5.60 Å². The lowest BCUT2D eigenvalue weighted by Crippen LogP contribution is -2.52. The van der Waals surface area contributed by atoms with Crippen LogP contribution < -0.4 is 4.74 Å². The Morgan fingerprint density at radius 2 is 1.84 bits per heavy atom. The van der Waals surface area contributed by atoms with Gasteiger partial charge in [0.2, 0.25) is 5.91 Å². The van der Waals surface area contributed by atoms with Crippen LogP contribution in [0.15, 0.2) is 24.3 Å². The monoisotopic (exact) mass is 341 g/mol. The zero-order chi connectivity index (χ0) is 17.3. The van der Waals surface area contributed by atoms with Gasteiger partial charge in [0.05, 0.1) is 12.0 Å². The van der Waals surface area contributed by atoms with Gasteiger partial charge in [-0.2, -0.15) is 0 Å². The molecule has 3 aliphatic rings. The second-order valence-corrected chi connectivity index (χ2v) is 7.97. The van der Waals surface area contributed by atoms with Crippen molar-refractivity contribution in [2.45, 2.75) is 63.4 Å². The van der Waals surface area contributed by atoms with Gasteiger partial charge in [0.25, 0.3) is 0 Å². The predicted molar refractivity (Wildman–Crippen MR) is 95.8 cm³/mol. The summed E-state index contributed by atoms with van der Waals surface area (Å²) >= 11 is 0. The standard InChI is InChI=1S/C21H27NO3/c23-18-15-21(25-19-9-5-4-8-17(18)19)10-12-22(13-11-21)20(24)14-16-6-2-1-3-7-16/h4-5,8-9,16H,1-3,6-7,10-15H2. The smallest absolute Gasteiger partial charge is 0.222 e. The van der Waals surface area contributed by atoms with E-state index in [0.717, 1.165) is 12.8 Å². The van der Waals surface area contributed by atoms with Crippen LogP contribution in [0.2, 0.25) is 0 Å². The third-order valence-corrected chi connectivity index (χ3v) is 6.21. The molecular formula is C21H27NO3. The SMILES string of the molecule is O=C1CC2(CCN(C(=O)CC3CCCCC3)CC2)Oc2ccccc21. The van der Waals surface area contributed by atoms with Gasteiger partial charge in [-0.1, -0.05) is 31.4 Å². The number of carbonyl (C=O) groups is 2. The molecule has 0 bridgehead atoms. The zero-order valence-corrected chi connectivity index (χ0v) is 14.8. The number of Topliss-reactive ketones (excluding diaryl/α,β-unsaturated/α-hetero) is 1. The number of rotatable bonds is 2. The van der Waals surface area contributed by atoms with E-state index in [4.69, 9.17) is 4.74 Å². The van der Waals surface area contributed by atoms with Gasteiger partial charge in [0.15, 0.2) is 5.78 Å². The van der Waals surface area contributed by atoms with Gasteiger partial charge in [0, 0.05) is 32.4 Å². The van der Waals surface area contributed by atoms with E-state index in [2.05, 4.69) is 0 Å². The molecule has 1 aromatic rings. The largest absolute Gasteiger partial charge is 0.486 e. The number of hydrogen-bond donors (Lipinski definition) is 0. The van der Waals surface area contributed by atoms with Crippen LogP contribution in [-0.4, -0.2) is 35.3 Å². The van der Waals surface area contributed by atoms with Gasteiger partial charge in [-0.05, 0) is 30.9 Å². The summed E-state index contributed by atoms with van der Waals surface area (Å²) in [7, 11) is 0. The van der Waals surface area contributed by atoms with Crippen molar-refractivity contribution in [2.75, 3.05) is 13.1 Å². The second-order valence-electron chi connectivity index (χ2n) is 7.97. The molecule has 2 aliphatic heterocycles. The number of hydrogen-bond acceptors (Lipinski definition) is 3. The summed E-state index contributed by atoms with van der Waals surface area (Å²) in [6.45, 7) is 1.42. The van der Waals surface area contributed by atoms with Crippen molar-refractivity contribution in [1.82, 2.24) is 4.90 Å². The molecule has 1 amide bonds. The van der Waals surface area contributed by atoms with E-state index in [1.807, 2.05) is 29.2 Å². The molecule has 25 heavy (non-hydrogen) atoms. The lowest BCUT2D eigenvalue weighted by molar-refractivity contribution is -0.136. The number of para-hydroxylation sites is 1. The fraction of sp³-hybridized carbons (Fsp3) is 0.619. The minimum Gasteiger partial charge on any atom is -0.486 e. The second kappa shape index (κ2) is 6.81. The first kappa shape index (κ1) is 16.6. The normalized spacial score (nSPS) is 23.2. The summed E-state index contributed by atoms with van der Waals surface area (Å²) < 4.78 is 6.25. The van der Waals surface area contributed by atoms with Crippen LogP contribution in [0, 0.1) is 5.92 Å². The molecule has 1 saturated heterocycles. The van der Waals surface area contributed by atoms with Gasteiger partial charge >= 0.3 is 0 Å². The molecule has 1 aliphatic carbocycles. The van der Waals surface area contributed by atoms with Gasteiger partial charge < -0.3 is 9.64 Å². The Morgan fingerprint density at radius 1 is 1.12 bits per heavy atom. The molecule has 0 unspecified atom stereocenters. The van der Waals surface area contributed by atoms with Crippen molar-refractivity contribution < 1.29 is 14.3 Å². The summed E-state index contributed by atoms with van der Waals surface area (Å²) in [5.74, 6) is 1.75. The number of nitrogens with zero attached hydrogens (tertiary/aromatic N) is 1. The maximum absolute atomic E-state index is 12.6. The summed E-state index contributed by atoms with van der Waals surface area (Å²) in [5, 5.41) is 0. The van der Waals surface area contributed by atoms with Crippen molar-refractivity contribution in [3.8, 4) is 5.75 Å². The number of benzene rings is 1. The highest BCUT2D eigenvalue weighted by molar-refractivity contribution is 6.00. The van der Waals surface area contributed by atoms with Crippen LogP contribution in [0.3, 0.4) is 0 Å². The van der Waals surface area contributed by atoms with Gasteiger partial charge in [-0.3, -0.25) is 9.59 Å². The lowest BCUT2D eigenvalue weighted by atomic mass is 9.82. The number of fused-ring (bicyclic) bond motifs is 1. The molecule has 2 heterocycles. The Kier molecular flexibility index (Phi) is 4.53. The number of amides is 1. The van der Waals surface area contributed by atoms with E-state index >= 15 is 0 Å². The minimum absolute atomic E-state index is 0.170. The number of likely N-dealkylation sites (tertiary alicyclic amines) is 1. The topological polar surface area (TPSA) is 46.6 Å². The molecule has 4 rings (SSSR count). The van der Waals surface area contributed by atoms with Crippen LogP contribution in [0.1, 0.15) is 68.1 Å². The first-order valence-corrected chi connectivity index (χ1v) is 9.74. The highest BCUT2D eigenvalue weighted by atomic mass is 16.5. The maximum Gasteiger partial charge on any atom is 0.222 e. The van der Waals surface area contributed by atoms with Crippen molar-refractivity contribution >= 4 is 11.7 Å². The van der Waals surface area contributed by atoms with Crippen molar-refractivity contribution in [1.29, 1.82) is 0 Å². The molecule has 1 saturated carbocycles. The molecule has 134 valence electrons. The van der Waals surface area contributed by atoms with Crippen LogP contribution in [0.5, 0.6) is 5.75 Å². The van der Waals surface area contributed by atoms with E-state index in [-0.39, 0.29) is 5.78 Å². The number of ether oxygens (including phenoxy) is 1. The molecule has 1 aromatic carbocycles. The maximum atomic E-state index is 12.6. The van der Waals surface area contributed by atoms with Gasteiger partial charge in [0.1, 0.15) is 11.4 Å². The molecule has 0 N–H and O–H groups in total. The molecule has 0 aromatic heterocycles. The van der Waals surface area contributed by atoms with Crippen LogP contribution in [0.25, 0.3) is 0 Å².